The first kappa shape index (κ1) is 14.8. The van der Waals surface area contributed by atoms with Gasteiger partial charge in [-0.25, -0.2) is 0 Å². The highest BCUT2D eigenvalue weighted by atomic mass is 32.2. The molecule has 0 spiro atoms. The number of nitrogens with zero attached hydrogens (tertiary/aromatic N) is 4. The lowest BCUT2D eigenvalue weighted by Crippen LogP contribution is -2.52. The summed E-state index contributed by atoms with van der Waals surface area (Å²) < 4.78 is 7.50. The molecule has 0 aromatic carbocycles. The maximum Gasteiger partial charge on any atom is 0.233 e. The second kappa shape index (κ2) is 6.33. The number of rotatable bonds is 5. The molecule has 21 heavy (non-hydrogen) atoms. The van der Waals surface area contributed by atoms with Crippen LogP contribution >= 0.6 is 11.8 Å². The van der Waals surface area contributed by atoms with Crippen molar-refractivity contribution < 1.29 is 14.6 Å². The van der Waals surface area contributed by atoms with E-state index in [1.807, 2.05) is 6.92 Å². The minimum Gasteiger partial charge on any atom is -0.394 e. The average molecular weight is 312 g/mol. The van der Waals surface area contributed by atoms with Crippen molar-refractivity contribution in [2.45, 2.75) is 43.1 Å². The van der Waals surface area contributed by atoms with E-state index >= 15 is 0 Å². The number of hydrogen-bond acceptors (Lipinski definition) is 6. The summed E-state index contributed by atoms with van der Waals surface area (Å²) in [6.07, 6.45) is 3.80. The molecule has 2 fully saturated rings. The van der Waals surface area contributed by atoms with Gasteiger partial charge in [-0.15, -0.1) is 10.2 Å². The van der Waals surface area contributed by atoms with Crippen LogP contribution in [0.15, 0.2) is 11.5 Å². The van der Waals surface area contributed by atoms with E-state index in [2.05, 4.69) is 14.8 Å². The van der Waals surface area contributed by atoms with Crippen LogP contribution in [0.25, 0.3) is 0 Å². The van der Waals surface area contributed by atoms with Crippen molar-refractivity contribution in [3.05, 3.63) is 6.33 Å². The van der Waals surface area contributed by atoms with Crippen LogP contribution in [0.4, 0.5) is 0 Å². The van der Waals surface area contributed by atoms with E-state index in [-0.39, 0.29) is 24.7 Å². The molecule has 1 saturated carbocycles. The number of aromatic nitrogens is 3. The molecular formula is C13H20N4O3S. The summed E-state index contributed by atoms with van der Waals surface area (Å²) in [4.78, 5) is 14.2. The number of thioether (sulfide) groups is 1. The van der Waals surface area contributed by atoms with Gasteiger partial charge in [-0.3, -0.25) is 4.79 Å². The second-order valence-corrected chi connectivity index (χ2v) is 6.52. The standard InChI is InChI=1S/C13H20N4O3S/c1-9-6-20-11(5-18)4-16(9)12(19)7-21-13-15-14-8-17(13)10-2-3-10/h8-11,18H,2-7H2,1H3. The molecular weight excluding hydrogens is 292 g/mol. The largest absolute Gasteiger partial charge is 0.394 e. The van der Waals surface area contributed by atoms with Gasteiger partial charge < -0.3 is 19.3 Å². The van der Waals surface area contributed by atoms with E-state index in [1.54, 1.807) is 11.2 Å². The Hall–Kier alpha value is -1.12. The summed E-state index contributed by atoms with van der Waals surface area (Å²) in [6, 6.07) is 0.556. The maximum atomic E-state index is 12.4. The first-order valence-corrected chi connectivity index (χ1v) is 8.22. The number of morpholine rings is 1. The Kier molecular flexibility index (Phi) is 4.46. The van der Waals surface area contributed by atoms with Crippen molar-refractivity contribution in [3.63, 3.8) is 0 Å². The number of carbonyl (C=O) groups is 1. The first-order chi connectivity index (χ1) is 10.2. The minimum absolute atomic E-state index is 0.0437. The van der Waals surface area contributed by atoms with Crippen LogP contribution in [0.3, 0.4) is 0 Å². The van der Waals surface area contributed by atoms with Crippen LogP contribution in [0.1, 0.15) is 25.8 Å². The molecule has 2 atom stereocenters. The molecule has 1 aliphatic carbocycles. The van der Waals surface area contributed by atoms with Crippen LogP contribution in [-0.4, -0.2) is 68.3 Å². The summed E-state index contributed by atoms with van der Waals surface area (Å²) in [6.45, 7) is 2.83. The van der Waals surface area contributed by atoms with Gasteiger partial charge in [0.25, 0.3) is 0 Å². The SMILES string of the molecule is CC1COC(CO)CN1C(=O)CSc1nncn1C1CC1. The molecule has 116 valence electrons. The highest BCUT2D eigenvalue weighted by Crippen LogP contribution is 2.37. The fourth-order valence-corrected chi connectivity index (χ4v) is 3.29. The number of aliphatic hydroxyl groups excluding tert-OH is 1. The fraction of sp³-hybridized carbons (Fsp3) is 0.769. The van der Waals surface area contributed by atoms with Gasteiger partial charge >= 0.3 is 0 Å². The van der Waals surface area contributed by atoms with Gasteiger partial charge in [0.15, 0.2) is 5.16 Å². The van der Waals surface area contributed by atoms with Gasteiger partial charge in [-0.05, 0) is 19.8 Å². The summed E-state index contributed by atoms with van der Waals surface area (Å²) in [7, 11) is 0. The van der Waals surface area contributed by atoms with E-state index in [9.17, 15) is 9.90 Å². The molecule has 1 aliphatic heterocycles. The summed E-state index contributed by atoms with van der Waals surface area (Å²) >= 11 is 1.43. The van der Waals surface area contributed by atoms with Crippen LogP contribution < -0.4 is 0 Å². The van der Waals surface area contributed by atoms with Gasteiger partial charge in [0.1, 0.15) is 6.33 Å². The van der Waals surface area contributed by atoms with Crippen molar-refractivity contribution in [2.24, 2.45) is 0 Å². The zero-order valence-corrected chi connectivity index (χ0v) is 12.8. The number of hydrogen-bond donors (Lipinski definition) is 1. The number of ether oxygens (including phenoxy) is 1. The highest BCUT2D eigenvalue weighted by Gasteiger charge is 2.30. The lowest BCUT2D eigenvalue weighted by Gasteiger charge is -2.37. The van der Waals surface area contributed by atoms with Crippen LogP contribution in [-0.2, 0) is 9.53 Å². The third-order valence-corrected chi connectivity index (χ3v) is 4.78. The van der Waals surface area contributed by atoms with Crippen molar-refractivity contribution >= 4 is 17.7 Å². The molecule has 2 aliphatic rings. The van der Waals surface area contributed by atoms with Crippen molar-refractivity contribution in [3.8, 4) is 0 Å². The van der Waals surface area contributed by atoms with E-state index in [0.29, 0.717) is 24.9 Å². The second-order valence-electron chi connectivity index (χ2n) is 5.57. The molecule has 1 amide bonds. The van der Waals surface area contributed by atoms with E-state index in [0.717, 1.165) is 18.0 Å². The molecule has 3 rings (SSSR count). The van der Waals surface area contributed by atoms with Crippen LogP contribution in [0.5, 0.6) is 0 Å². The molecule has 2 unspecified atom stereocenters. The molecule has 1 aromatic rings. The monoisotopic (exact) mass is 312 g/mol. The summed E-state index contributed by atoms with van der Waals surface area (Å²) in [5.41, 5.74) is 0. The molecule has 1 aromatic heterocycles. The van der Waals surface area contributed by atoms with Gasteiger partial charge in [0, 0.05) is 12.6 Å². The van der Waals surface area contributed by atoms with Gasteiger partial charge in [-0.2, -0.15) is 0 Å². The summed E-state index contributed by atoms with van der Waals surface area (Å²) in [5, 5.41) is 18.0. The Morgan fingerprint density at radius 1 is 1.57 bits per heavy atom. The number of carbonyl (C=O) groups excluding carboxylic acids is 1. The third-order valence-electron chi connectivity index (χ3n) is 3.83. The van der Waals surface area contributed by atoms with E-state index in [4.69, 9.17) is 4.74 Å². The highest BCUT2D eigenvalue weighted by molar-refractivity contribution is 7.99. The van der Waals surface area contributed by atoms with E-state index in [1.165, 1.54) is 11.8 Å². The first-order valence-electron chi connectivity index (χ1n) is 7.23. The zero-order valence-electron chi connectivity index (χ0n) is 12.0. The predicted molar refractivity (Wildman–Crippen MR) is 77.0 cm³/mol. The van der Waals surface area contributed by atoms with Crippen LogP contribution in [0, 0.1) is 0 Å². The summed E-state index contributed by atoms with van der Waals surface area (Å²) in [5.74, 6) is 0.396. The van der Waals surface area contributed by atoms with Crippen molar-refractivity contribution in [2.75, 3.05) is 25.5 Å². The Morgan fingerprint density at radius 2 is 2.38 bits per heavy atom. The average Bonchev–Trinajstić information content (AvgIpc) is 3.24. The number of aliphatic hydroxyl groups is 1. The normalized spacial score (nSPS) is 26.1. The predicted octanol–water partition coefficient (Wildman–Crippen LogP) is 0.313. The maximum absolute atomic E-state index is 12.4. The van der Waals surface area contributed by atoms with Crippen molar-refractivity contribution in [1.82, 2.24) is 19.7 Å². The smallest absolute Gasteiger partial charge is 0.233 e. The Balaban J connectivity index is 1.56. The molecule has 2 heterocycles. The molecule has 0 radical (unpaired) electrons. The Morgan fingerprint density at radius 3 is 3.10 bits per heavy atom. The van der Waals surface area contributed by atoms with Gasteiger partial charge in [-0.1, -0.05) is 11.8 Å². The van der Waals surface area contributed by atoms with Gasteiger partial charge in [0.2, 0.25) is 5.91 Å². The Bertz CT molecular complexity index is 505. The zero-order chi connectivity index (χ0) is 14.8. The Labute approximate surface area is 127 Å². The molecule has 7 nitrogen and oxygen atoms in total. The lowest BCUT2D eigenvalue weighted by atomic mass is 10.2. The lowest BCUT2D eigenvalue weighted by molar-refractivity contribution is -0.143. The van der Waals surface area contributed by atoms with E-state index < -0.39 is 0 Å². The number of amides is 1. The van der Waals surface area contributed by atoms with Crippen LogP contribution in [0.2, 0.25) is 0 Å². The molecule has 8 heteroatoms. The molecule has 1 N–H and O–H groups in total. The fourth-order valence-electron chi connectivity index (χ4n) is 2.42. The molecule has 1 saturated heterocycles. The van der Waals surface area contributed by atoms with Gasteiger partial charge in [0.05, 0.1) is 31.1 Å². The minimum atomic E-state index is -0.273. The topological polar surface area (TPSA) is 80.5 Å². The third kappa shape index (κ3) is 3.38. The quantitative estimate of drug-likeness (QED) is 0.788. The van der Waals surface area contributed by atoms with Crippen molar-refractivity contribution in [1.29, 1.82) is 0 Å². The molecule has 0 bridgehead atoms.